The van der Waals surface area contributed by atoms with Gasteiger partial charge in [0.1, 0.15) is 0 Å². The van der Waals surface area contributed by atoms with E-state index in [9.17, 15) is 4.79 Å². The van der Waals surface area contributed by atoms with Crippen molar-refractivity contribution in [1.29, 1.82) is 0 Å². The highest BCUT2D eigenvalue weighted by molar-refractivity contribution is 14.0. The minimum absolute atomic E-state index is 0. The standard InChI is InChI=1S/C21H29N5OS.HI/c1-22-21(24-13-6-12-23-20(27)17-7-3-2-4-8-17)25-18-10-14-26(15-11-18)19-9-5-16-28-19;/h2-5,7-9,16,18H,6,10-15H2,1H3,(H,23,27)(H2,22,24,25);1H. The fourth-order valence-electron chi connectivity index (χ4n) is 3.27. The van der Waals surface area contributed by atoms with Gasteiger partial charge < -0.3 is 20.9 Å². The largest absolute Gasteiger partial charge is 0.363 e. The number of anilines is 1. The van der Waals surface area contributed by atoms with E-state index in [1.807, 2.05) is 30.3 Å². The topological polar surface area (TPSA) is 68.8 Å². The molecular formula is C21H30IN5OS. The first-order valence-electron chi connectivity index (χ1n) is 9.85. The van der Waals surface area contributed by atoms with E-state index in [0.29, 0.717) is 18.2 Å². The van der Waals surface area contributed by atoms with Crippen molar-refractivity contribution in [2.45, 2.75) is 25.3 Å². The summed E-state index contributed by atoms with van der Waals surface area (Å²) < 4.78 is 0. The van der Waals surface area contributed by atoms with Crippen molar-refractivity contribution in [3.05, 3.63) is 53.4 Å². The number of hydrogen-bond acceptors (Lipinski definition) is 4. The molecule has 2 aromatic rings. The summed E-state index contributed by atoms with van der Waals surface area (Å²) in [6.07, 6.45) is 3.05. The van der Waals surface area contributed by atoms with E-state index in [4.69, 9.17) is 0 Å². The van der Waals surface area contributed by atoms with Crippen LogP contribution in [0.5, 0.6) is 0 Å². The van der Waals surface area contributed by atoms with Crippen molar-refractivity contribution in [2.75, 3.05) is 38.1 Å². The number of nitrogens with zero attached hydrogens (tertiary/aromatic N) is 2. The number of halogens is 1. The Kier molecular flexibility index (Phi) is 10.3. The number of benzene rings is 1. The fourth-order valence-corrected chi connectivity index (χ4v) is 4.06. The lowest BCUT2D eigenvalue weighted by Gasteiger charge is -2.33. The molecule has 3 rings (SSSR count). The van der Waals surface area contributed by atoms with Gasteiger partial charge in [-0.2, -0.15) is 0 Å². The number of guanidine groups is 1. The van der Waals surface area contributed by atoms with Crippen molar-refractivity contribution in [1.82, 2.24) is 16.0 Å². The van der Waals surface area contributed by atoms with E-state index in [-0.39, 0.29) is 29.9 Å². The maximum absolute atomic E-state index is 12.0. The molecule has 8 heteroatoms. The van der Waals surface area contributed by atoms with Gasteiger partial charge in [-0.15, -0.1) is 35.3 Å². The summed E-state index contributed by atoms with van der Waals surface area (Å²) in [5.74, 6) is 0.810. The molecule has 0 saturated carbocycles. The smallest absolute Gasteiger partial charge is 0.251 e. The SMILES string of the molecule is CN=C(NCCCNC(=O)c1ccccc1)NC1CCN(c2cccs2)CC1.I. The average Bonchev–Trinajstić information content (AvgIpc) is 3.28. The lowest BCUT2D eigenvalue weighted by Crippen LogP contribution is -2.49. The van der Waals surface area contributed by atoms with E-state index in [2.05, 4.69) is 43.4 Å². The molecule has 29 heavy (non-hydrogen) atoms. The first-order valence-corrected chi connectivity index (χ1v) is 10.7. The van der Waals surface area contributed by atoms with Crippen LogP contribution in [0.1, 0.15) is 29.6 Å². The molecule has 0 spiro atoms. The van der Waals surface area contributed by atoms with Crippen LogP contribution < -0.4 is 20.9 Å². The lowest BCUT2D eigenvalue weighted by molar-refractivity contribution is 0.0953. The van der Waals surface area contributed by atoms with Gasteiger partial charge in [-0.05, 0) is 48.9 Å². The Bertz CT molecular complexity index is 746. The van der Waals surface area contributed by atoms with Crippen molar-refractivity contribution >= 4 is 52.2 Å². The van der Waals surface area contributed by atoms with Crippen LogP contribution in [0.3, 0.4) is 0 Å². The van der Waals surface area contributed by atoms with Crippen molar-refractivity contribution in [3.8, 4) is 0 Å². The van der Waals surface area contributed by atoms with E-state index >= 15 is 0 Å². The van der Waals surface area contributed by atoms with Gasteiger partial charge >= 0.3 is 0 Å². The van der Waals surface area contributed by atoms with Gasteiger partial charge in [-0.1, -0.05) is 18.2 Å². The Morgan fingerprint density at radius 3 is 2.48 bits per heavy atom. The third-order valence-electron chi connectivity index (χ3n) is 4.84. The number of thiophene rings is 1. The number of aliphatic imine (C=N–C) groups is 1. The Morgan fingerprint density at radius 2 is 1.83 bits per heavy atom. The summed E-state index contributed by atoms with van der Waals surface area (Å²) in [5.41, 5.74) is 0.696. The lowest BCUT2D eigenvalue weighted by atomic mass is 10.1. The molecule has 0 atom stereocenters. The summed E-state index contributed by atoms with van der Waals surface area (Å²) >= 11 is 1.80. The zero-order valence-electron chi connectivity index (χ0n) is 16.8. The minimum Gasteiger partial charge on any atom is -0.363 e. The first kappa shape index (κ1) is 23.5. The van der Waals surface area contributed by atoms with E-state index in [0.717, 1.165) is 44.9 Å². The molecular weight excluding hydrogens is 497 g/mol. The molecule has 3 N–H and O–H groups in total. The average molecular weight is 527 g/mol. The third-order valence-corrected chi connectivity index (χ3v) is 5.77. The van der Waals surface area contributed by atoms with Gasteiger partial charge in [0.05, 0.1) is 5.00 Å². The third kappa shape index (κ3) is 7.50. The molecule has 1 aliphatic heterocycles. The molecule has 1 saturated heterocycles. The van der Waals surface area contributed by atoms with Crippen LogP contribution in [0.25, 0.3) is 0 Å². The zero-order valence-corrected chi connectivity index (χ0v) is 19.9. The summed E-state index contributed by atoms with van der Waals surface area (Å²) in [6, 6.07) is 14.0. The normalized spacial score (nSPS) is 14.8. The summed E-state index contributed by atoms with van der Waals surface area (Å²) in [7, 11) is 1.80. The number of carbonyl (C=O) groups is 1. The predicted molar refractivity (Wildman–Crippen MR) is 133 cm³/mol. The van der Waals surface area contributed by atoms with Crippen LogP contribution >= 0.6 is 35.3 Å². The molecule has 0 aliphatic carbocycles. The molecule has 6 nitrogen and oxygen atoms in total. The van der Waals surface area contributed by atoms with Crippen LogP contribution in [-0.4, -0.2) is 51.1 Å². The quantitative estimate of drug-likeness (QED) is 0.224. The number of amides is 1. The van der Waals surface area contributed by atoms with Gasteiger partial charge in [0.15, 0.2) is 5.96 Å². The van der Waals surface area contributed by atoms with Gasteiger partial charge in [0, 0.05) is 44.8 Å². The second kappa shape index (κ2) is 12.7. The second-order valence-electron chi connectivity index (χ2n) is 6.83. The zero-order chi connectivity index (χ0) is 19.6. The van der Waals surface area contributed by atoms with E-state index < -0.39 is 0 Å². The Morgan fingerprint density at radius 1 is 1.10 bits per heavy atom. The predicted octanol–water partition coefficient (Wildman–Crippen LogP) is 3.32. The minimum atomic E-state index is -0.0272. The highest BCUT2D eigenvalue weighted by Gasteiger charge is 2.20. The Balaban J connectivity index is 0.00000300. The highest BCUT2D eigenvalue weighted by atomic mass is 127. The molecule has 1 aliphatic rings. The molecule has 158 valence electrons. The number of hydrogen-bond donors (Lipinski definition) is 3. The van der Waals surface area contributed by atoms with Crippen LogP contribution in [0.4, 0.5) is 5.00 Å². The molecule has 0 radical (unpaired) electrons. The number of piperidine rings is 1. The van der Waals surface area contributed by atoms with Gasteiger partial charge in [0.2, 0.25) is 0 Å². The van der Waals surface area contributed by atoms with Crippen LogP contribution in [0.2, 0.25) is 0 Å². The van der Waals surface area contributed by atoms with E-state index in [1.165, 1.54) is 5.00 Å². The van der Waals surface area contributed by atoms with Gasteiger partial charge in [0.25, 0.3) is 5.91 Å². The van der Waals surface area contributed by atoms with Crippen LogP contribution in [0, 0.1) is 0 Å². The molecule has 0 unspecified atom stereocenters. The number of nitrogens with one attached hydrogen (secondary N) is 3. The van der Waals surface area contributed by atoms with Crippen molar-refractivity contribution < 1.29 is 4.79 Å². The Labute approximate surface area is 194 Å². The molecule has 1 aromatic heterocycles. The highest BCUT2D eigenvalue weighted by Crippen LogP contribution is 2.24. The maximum atomic E-state index is 12.0. The summed E-state index contributed by atoms with van der Waals surface area (Å²) in [6.45, 7) is 3.54. The van der Waals surface area contributed by atoms with Crippen molar-refractivity contribution in [3.63, 3.8) is 0 Å². The second-order valence-corrected chi connectivity index (χ2v) is 7.76. The summed E-state index contributed by atoms with van der Waals surface area (Å²) in [4.78, 5) is 18.8. The number of carbonyl (C=O) groups excluding carboxylic acids is 1. The van der Waals surface area contributed by atoms with E-state index in [1.54, 1.807) is 18.4 Å². The van der Waals surface area contributed by atoms with Crippen molar-refractivity contribution in [2.24, 2.45) is 4.99 Å². The van der Waals surface area contributed by atoms with Gasteiger partial charge in [-0.25, -0.2) is 0 Å². The fraction of sp³-hybridized carbons (Fsp3) is 0.429. The molecule has 1 fully saturated rings. The van der Waals surface area contributed by atoms with Crippen LogP contribution in [0.15, 0.2) is 52.8 Å². The molecule has 1 aromatic carbocycles. The summed E-state index contributed by atoms with van der Waals surface area (Å²) in [5, 5.41) is 13.3. The van der Waals surface area contributed by atoms with Crippen LogP contribution in [-0.2, 0) is 0 Å². The Hall–Kier alpha value is -1.81. The molecule has 2 heterocycles. The monoisotopic (exact) mass is 527 g/mol. The first-order chi connectivity index (χ1) is 13.8. The van der Waals surface area contributed by atoms with Gasteiger partial charge in [-0.3, -0.25) is 9.79 Å². The molecule has 0 bridgehead atoms. The maximum Gasteiger partial charge on any atom is 0.251 e. The number of rotatable bonds is 7. The molecule has 1 amide bonds.